The number of likely N-dealkylation sites (tertiary alicyclic amines) is 1. The fraction of sp³-hybridized carbons (Fsp3) is 0.269. The average molecular weight is 462 g/mol. The topological polar surface area (TPSA) is 73.9 Å². The molecule has 0 unspecified atom stereocenters. The van der Waals surface area contributed by atoms with Gasteiger partial charge in [-0.05, 0) is 85.9 Å². The molecule has 2 N–H and O–H groups in total. The van der Waals surface area contributed by atoms with E-state index in [2.05, 4.69) is 25.4 Å². The highest BCUT2D eigenvalue weighted by Gasteiger charge is 2.19. The predicted molar refractivity (Wildman–Crippen MR) is 128 cm³/mol. The number of nitrogens with zero attached hydrogens (tertiary/aromatic N) is 3. The SMILES string of the molecule is Cc1ccnc(NC(=O)c2n[nH]c3ccc(-c4cc(CN5CCCCC5)cc(F)c4F)cc23)c1. The molecule has 0 radical (unpaired) electrons. The molecule has 0 bridgehead atoms. The minimum atomic E-state index is -0.903. The third-order valence-corrected chi connectivity index (χ3v) is 6.19. The van der Waals surface area contributed by atoms with E-state index in [-0.39, 0.29) is 11.3 Å². The molecule has 5 rings (SSSR count). The molecule has 2 aromatic heterocycles. The standard InChI is InChI=1S/C26H25F2N5O/c1-16-7-8-29-23(11-16)30-26(34)25-20-14-18(5-6-22(20)31-32-25)19-12-17(13-21(27)24(19)28)15-33-9-3-2-4-10-33/h5-8,11-14H,2-4,9-10,15H2,1H3,(H,31,32)(H,29,30,34). The van der Waals surface area contributed by atoms with E-state index in [1.54, 1.807) is 36.5 Å². The first-order valence-electron chi connectivity index (χ1n) is 11.4. The number of H-pyrrole nitrogens is 1. The molecule has 0 aliphatic carbocycles. The van der Waals surface area contributed by atoms with Crippen LogP contribution in [0.1, 0.15) is 40.9 Å². The number of nitrogens with one attached hydrogen (secondary N) is 2. The highest BCUT2D eigenvalue weighted by Crippen LogP contribution is 2.30. The van der Waals surface area contributed by atoms with Gasteiger partial charge in [0.2, 0.25) is 0 Å². The first-order valence-corrected chi connectivity index (χ1v) is 11.4. The molecular formula is C26H25F2N5O. The number of halogens is 2. The number of amides is 1. The largest absolute Gasteiger partial charge is 0.305 e. The number of piperidine rings is 1. The van der Waals surface area contributed by atoms with Gasteiger partial charge in [0.05, 0.1) is 5.52 Å². The van der Waals surface area contributed by atoms with E-state index in [0.717, 1.165) is 37.1 Å². The number of carbonyl (C=O) groups is 1. The van der Waals surface area contributed by atoms with Gasteiger partial charge in [0, 0.05) is 23.7 Å². The van der Waals surface area contributed by atoms with E-state index >= 15 is 0 Å². The number of aromatic amines is 1. The molecule has 1 aliphatic heterocycles. The second-order valence-electron chi connectivity index (χ2n) is 8.78. The molecule has 2 aromatic carbocycles. The number of fused-ring (bicyclic) bond motifs is 1. The van der Waals surface area contributed by atoms with Crippen LogP contribution >= 0.6 is 0 Å². The Balaban J connectivity index is 1.47. The Kier molecular flexibility index (Phi) is 6.06. The summed E-state index contributed by atoms with van der Waals surface area (Å²) in [6.45, 7) is 4.41. The lowest BCUT2D eigenvalue weighted by Gasteiger charge is -2.26. The van der Waals surface area contributed by atoms with Gasteiger partial charge >= 0.3 is 0 Å². The van der Waals surface area contributed by atoms with Crippen LogP contribution < -0.4 is 5.32 Å². The number of aryl methyl sites for hydroxylation is 1. The molecule has 174 valence electrons. The number of rotatable bonds is 5. The Labute approximate surface area is 196 Å². The van der Waals surface area contributed by atoms with Gasteiger partial charge in [-0.15, -0.1) is 0 Å². The van der Waals surface area contributed by atoms with E-state index in [1.165, 1.54) is 12.5 Å². The van der Waals surface area contributed by atoms with Crippen LogP contribution in [0, 0.1) is 18.6 Å². The molecule has 6 nitrogen and oxygen atoms in total. The minimum absolute atomic E-state index is 0.158. The van der Waals surface area contributed by atoms with Crippen molar-refractivity contribution in [1.29, 1.82) is 0 Å². The van der Waals surface area contributed by atoms with Gasteiger partial charge in [0.1, 0.15) is 5.82 Å². The van der Waals surface area contributed by atoms with Crippen molar-refractivity contribution < 1.29 is 13.6 Å². The summed E-state index contributed by atoms with van der Waals surface area (Å²) >= 11 is 0. The van der Waals surface area contributed by atoms with Gasteiger partial charge in [-0.3, -0.25) is 14.8 Å². The lowest BCUT2D eigenvalue weighted by Crippen LogP contribution is -2.29. The van der Waals surface area contributed by atoms with Gasteiger partial charge < -0.3 is 5.32 Å². The molecular weight excluding hydrogens is 436 g/mol. The molecule has 1 amide bonds. The van der Waals surface area contributed by atoms with E-state index in [1.807, 2.05) is 13.0 Å². The third-order valence-electron chi connectivity index (χ3n) is 6.19. The maximum atomic E-state index is 14.9. The van der Waals surface area contributed by atoms with Crippen LogP contribution in [0.2, 0.25) is 0 Å². The Hall–Kier alpha value is -3.65. The van der Waals surface area contributed by atoms with Crippen LogP contribution in [0.3, 0.4) is 0 Å². The Bertz CT molecular complexity index is 1360. The molecule has 0 atom stereocenters. The number of hydrogen-bond acceptors (Lipinski definition) is 4. The number of hydrogen-bond donors (Lipinski definition) is 2. The van der Waals surface area contributed by atoms with Crippen molar-refractivity contribution in [3.8, 4) is 11.1 Å². The smallest absolute Gasteiger partial charge is 0.277 e. The molecule has 1 aliphatic rings. The molecule has 0 saturated carbocycles. The Morgan fingerprint density at radius 3 is 2.71 bits per heavy atom. The van der Waals surface area contributed by atoms with E-state index < -0.39 is 17.5 Å². The van der Waals surface area contributed by atoms with Crippen molar-refractivity contribution >= 4 is 22.6 Å². The normalized spacial score (nSPS) is 14.4. The van der Waals surface area contributed by atoms with Gasteiger partial charge in [0.25, 0.3) is 5.91 Å². The number of benzene rings is 2. The van der Waals surface area contributed by atoms with E-state index in [4.69, 9.17) is 0 Å². The summed E-state index contributed by atoms with van der Waals surface area (Å²) in [4.78, 5) is 19.3. The summed E-state index contributed by atoms with van der Waals surface area (Å²) in [7, 11) is 0. The second-order valence-corrected chi connectivity index (χ2v) is 8.78. The van der Waals surface area contributed by atoms with Gasteiger partial charge in [0.15, 0.2) is 17.3 Å². The van der Waals surface area contributed by atoms with Crippen molar-refractivity contribution in [3.05, 3.63) is 77.1 Å². The molecule has 3 heterocycles. The van der Waals surface area contributed by atoms with Gasteiger partial charge in [-0.2, -0.15) is 5.10 Å². The first-order chi connectivity index (χ1) is 16.5. The maximum absolute atomic E-state index is 14.9. The number of anilines is 1. The van der Waals surface area contributed by atoms with E-state index in [9.17, 15) is 13.6 Å². The zero-order valence-corrected chi connectivity index (χ0v) is 18.9. The quantitative estimate of drug-likeness (QED) is 0.415. The summed E-state index contributed by atoms with van der Waals surface area (Å²) in [5.41, 5.74) is 3.12. The zero-order valence-electron chi connectivity index (χ0n) is 18.9. The molecule has 1 saturated heterocycles. The number of carbonyl (C=O) groups excluding carboxylic acids is 1. The molecule has 8 heteroatoms. The van der Waals surface area contributed by atoms with Crippen LogP contribution in [0.5, 0.6) is 0 Å². The summed E-state index contributed by atoms with van der Waals surface area (Å²) in [6, 6.07) is 11.6. The summed E-state index contributed by atoms with van der Waals surface area (Å²) in [5.74, 6) is -1.80. The first kappa shape index (κ1) is 22.2. The monoisotopic (exact) mass is 461 g/mol. The summed E-state index contributed by atoms with van der Waals surface area (Å²) in [6.07, 6.45) is 5.06. The lowest BCUT2D eigenvalue weighted by molar-refractivity contribution is 0.102. The summed E-state index contributed by atoms with van der Waals surface area (Å²) < 4.78 is 29.4. The van der Waals surface area contributed by atoms with Gasteiger partial charge in [-0.25, -0.2) is 13.8 Å². The van der Waals surface area contributed by atoms with Crippen molar-refractivity contribution in [1.82, 2.24) is 20.1 Å². The van der Waals surface area contributed by atoms with Crippen molar-refractivity contribution in [3.63, 3.8) is 0 Å². The highest BCUT2D eigenvalue weighted by molar-refractivity contribution is 6.11. The second kappa shape index (κ2) is 9.30. The van der Waals surface area contributed by atoms with Crippen molar-refractivity contribution in [2.24, 2.45) is 0 Å². The van der Waals surface area contributed by atoms with E-state index in [0.29, 0.717) is 28.8 Å². The third kappa shape index (κ3) is 4.54. The molecule has 0 spiro atoms. The highest BCUT2D eigenvalue weighted by atomic mass is 19.2. The fourth-order valence-corrected chi connectivity index (χ4v) is 4.46. The maximum Gasteiger partial charge on any atom is 0.277 e. The Morgan fingerprint density at radius 2 is 1.91 bits per heavy atom. The van der Waals surface area contributed by atoms with Crippen molar-refractivity contribution in [2.45, 2.75) is 32.7 Å². The minimum Gasteiger partial charge on any atom is -0.305 e. The van der Waals surface area contributed by atoms with Crippen molar-refractivity contribution in [2.75, 3.05) is 18.4 Å². The zero-order chi connectivity index (χ0) is 23.7. The van der Waals surface area contributed by atoms with Crippen LogP contribution in [0.4, 0.5) is 14.6 Å². The number of aromatic nitrogens is 3. The predicted octanol–water partition coefficient (Wildman–Crippen LogP) is 5.45. The molecule has 1 fully saturated rings. The average Bonchev–Trinajstić information content (AvgIpc) is 3.25. The fourth-order valence-electron chi connectivity index (χ4n) is 4.46. The van der Waals surface area contributed by atoms with Crippen LogP contribution in [0.25, 0.3) is 22.0 Å². The Morgan fingerprint density at radius 1 is 1.09 bits per heavy atom. The number of pyridine rings is 1. The van der Waals surface area contributed by atoms with Crippen LogP contribution in [-0.4, -0.2) is 39.1 Å². The summed E-state index contributed by atoms with van der Waals surface area (Å²) in [5, 5.41) is 10.2. The van der Waals surface area contributed by atoms with Gasteiger partial charge in [-0.1, -0.05) is 12.5 Å². The molecule has 34 heavy (non-hydrogen) atoms. The van der Waals surface area contributed by atoms with Crippen LogP contribution in [-0.2, 0) is 6.54 Å². The van der Waals surface area contributed by atoms with Crippen LogP contribution in [0.15, 0.2) is 48.7 Å². The lowest BCUT2D eigenvalue weighted by atomic mass is 9.99. The molecule has 4 aromatic rings.